The van der Waals surface area contributed by atoms with Gasteiger partial charge in [-0.3, -0.25) is 9.20 Å². The Morgan fingerprint density at radius 1 is 1.12 bits per heavy atom. The lowest BCUT2D eigenvalue weighted by atomic mass is 9.82. The summed E-state index contributed by atoms with van der Waals surface area (Å²) in [6, 6.07) is 9.80. The summed E-state index contributed by atoms with van der Waals surface area (Å²) >= 11 is 0. The first-order chi connectivity index (χ1) is 15.5. The summed E-state index contributed by atoms with van der Waals surface area (Å²) in [5.41, 5.74) is 3.78. The largest absolute Gasteiger partial charge is 0.493 e. The molecule has 176 valence electrons. The second kappa shape index (κ2) is 8.40. The lowest BCUT2D eigenvalue weighted by molar-refractivity contribution is -0.135. The Bertz CT molecular complexity index is 1180. The SMILES string of the molecule is COc1cc(-c2nc3cc(C)ccn3c2NC(C)(C)CC(C)(C)C)ccc1OC(=O)C1CC1. The number of aryl methyl sites for hydroxylation is 1. The van der Waals surface area contributed by atoms with Gasteiger partial charge in [-0.2, -0.15) is 0 Å². The van der Waals surface area contributed by atoms with Crippen LogP contribution in [0.3, 0.4) is 0 Å². The molecule has 1 aliphatic carbocycles. The number of hydrogen-bond acceptors (Lipinski definition) is 5. The van der Waals surface area contributed by atoms with Crippen LogP contribution in [-0.2, 0) is 4.79 Å². The number of pyridine rings is 1. The van der Waals surface area contributed by atoms with Crippen molar-refractivity contribution in [2.75, 3.05) is 12.4 Å². The van der Waals surface area contributed by atoms with Gasteiger partial charge in [0.05, 0.1) is 13.0 Å². The minimum Gasteiger partial charge on any atom is -0.493 e. The minimum atomic E-state index is -0.185. The number of rotatable bonds is 7. The number of esters is 1. The minimum absolute atomic E-state index is 0.0249. The van der Waals surface area contributed by atoms with E-state index < -0.39 is 0 Å². The van der Waals surface area contributed by atoms with E-state index in [4.69, 9.17) is 14.5 Å². The molecule has 0 aliphatic heterocycles. The van der Waals surface area contributed by atoms with Crippen molar-refractivity contribution in [3.05, 3.63) is 42.1 Å². The molecule has 0 amide bonds. The van der Waals surface area contributed by atoms with E-state index in [-0.39, 0.29) is 22.8 Å². The normalized spacial score (nSPS) is 14.4. The van der Waals surface area contributed by atoms with E-state index in [0.29, 0.717) is 11.5 Å². The number of carbonyl (C=O) groups is 1. The summed E-state index contributed by atoms with van der Waals surface area (Å²) in [6.07, 6.45) is 4.84. The number of carbonyl (C=O) groups excluding carboxylic acids is 1. The fourth-order valence-corrected chi connectivity index (χ4v) is 4.57. The second-order valence-corrected chi connectivity index (χ2v) is 11.0. The summed E-state index contributed by atoms with van der Waals surface area (Å²) in [7, 11) is 1.59. The van der Waals surface area contributed by atoms with Crippen LogP contribution in [0.5, 0.6) is 11.5 Å². The van der Waals surface area contributed by atoms with Gasteiger partial charge in [-0.05, 0) is 81.3 Å². The highest BCUT2D eigenvalue weighted by atomic mass is 16.6. The van der Waals surface area contributed by atoms with Crippen molar-refractivity contribution in [1.29, 1.82) is 0 Å². The first-order valence-electron chi connectivity index (χ1n) is 11.6. The zero-order chi connectivity index (χ0) is 24.0. The van der Waals surface area contributed by atoms with Gasteiger partial charge in [-0.1, -0.05) is 20.8 Å². The van der Waals surface area contributed by atoms with Crippen molar-refractivity contribution in [3.8, 4) is 22.8 Å². The van der Waals surface area contributed by atoms with Crippen LogP contribution in [0.4, 0.5) is 5.82 Å². The Kier molecular flexibility index (Phi) is 5.89. The molecule has 1 saturated carbocycles. The summed E-state index contributed by atoms with van der Waals surface area (Å²) < 4.78 is 13.3. The van der Waals surface area contributed by atoms with Crippen LogP contribution >= 0.6 is 0 Å². The fourth-order valence-electron chi connectivity index (χ4n) is 4.57. The summed E-state index contributed by atoms with van der Waals surface area (Å²) in [4.78, 5) is 17.1. The van der Waals surface area contributed by atoms with Crippen LogP contribution in [0.25, 0.3) is 16.9 Å². The van der Waals surface area contributed by atoms with Crippen molar-refractivity contribution in [3.63, 3.8) is 0 Å². The van der Waals surface area contributed by atoms with Gasteiger partial charge >= 0.3 is 5.97 Å². The number of methoxy groups -OCH3 is 1. The van der Waals surface area contributed by atoms with Gasteiger partial charge < -0.3 is 14.8 Å². The number of hydrogen-bond donors (Lipinski definition) is 1. The monoisotopic (exact) mass is 449 g/mol. The maximum atomic E-state index is 12.2. The highest BCUT2D eigenvalue weighted by Crippen LogP contribution is 2.39. The van der Waals surface area contributed by atoms with Crippen LogP contribution in [0, 0.1) is 18.3 Å². The zero-order valence-corrected chi connectivity index (χ0v) is 20.8. The van der Waals surface area contributed by atoms with Crippen LogP contribution < -0.4 is 14.8 Å². The predicted octanol–water partition coefficient (Wildman–Crippen LogP) is 6.26. The number of benzene rings is 1. The van der Waals surface area contributed by atoms with Crippen molar-refractivity contribution in [2.45, 2.75) is 66.3 Å². The molecule has 0 spiro atoms. The molecular weight excluding hydrogens is 414 g/mol. The van der Waals surface area contributed by atoms with Crippen LogP contribution in [0.1, 0.15) is 59.4 Å². The van der Waals surface area contributed by atoms with Gasteiger partial charge in [0.2, 0.25) is 0 Å². The number of nitrogens with zero attached hydrogens (tertiary/aromatic N) is 2. The third-order valence-corrected chi connectivity index (χ3v) is 5.77. The van der Waals surface area contributed by atoms with Crippen LogP contribution in [0.15, 0.2) is 36.5 Å². The average molecular weight is 450 g/mol. The van der Waals surface area contributed by atoms with Crippen LogP contribution in [-0.4, -0.2) is 28.0 Å². The molecule has 1 N–H and O–H groups in total. The molecule has 1 fully saturated rings. The molecule has 33 heavy (non-hydrogen) atoms. The Hall–Kier alpha value is -3.02. The highest BCUT2D eigenvalue weighted by Gasteiger charge is 2.32. The van der Waals surface area contributed by atoms with Crippen molar-refractivity contribution < 1.29 is 14.3 Å². The molecular formula is C27H35N3O3. The maximum absolute atomic E-state index is 12.2. The summed E-state index contributed by atoms with van der Waals surface area (Å²) in [5, 5.41) is 3.77. The van der Waals surface area contributed by atoms with E-state index in [1.165, 1.54) is 0 Å². The molecule has 0 saturated heterocycles. The quantitative estimate of drug-likeness (QED) is 0.341. The van der Waals surface area contributed by atoms with E-state index in [9.17, 15) is 4.79 Å². The predicted molar refractivity (Wildman–Crippen MR) is 132 cm³/mol. The number of ether oxygens (including phenoxy) is 2. The third-order valence-electron chi connectivity index (χ3n) is 5.77. The molecule has 4 rings (SSSR count). The average Bonchev–Trinajstić information content (AvgIpc) is 3.50. The molecule has 6 nitrogen and oxygen atoms in total. The van der Waals surface area contributed by atoms with Crippen molar-refractivity contribution >= 4 is 17.4 Å². The van der Waals surface area contributed by atoms with Gasteiger partial charge in [-0.25, -0.2) is 4.98 Å². The Morgan fingerprint density at radius 3 is 2.48 bits per heavy atom. The summed E-state index contributed by atoms with van der Waals surface area (Å²) in [5.74, 6) is 1.74. The van der Waals surface area contributed by atoms with E-state index >= 15 is 0 Å². The third kappa shape index (κ3) is 5.32. The molecule has 0 bridgehead atoms. The lowest BCUT2D eigenvalue weighted by Gasteiger charge is -2.34. The molecule has 3 aromatic rings. The molecule has 0 unspecified atom stereocenters. The molecule has 2 aromatic heterocycles. The van der Waals surface area contributed by atoms with E-state index in [1.807, 2.05) is 12.1 Å². The highest BCUT2D eigenvalue weighted by molar-refractivity contribution is 5.81. The Labute approximate surface area is 196 Å². The van der Waals surface area contributed by atoms with Crippen molar-refractivity contribution in [2.24, 2.45) is 11.3 Å². The smallest absolute Gasteiger partial charge is 0.314 e. The van der Waals surface area contributed by atoms with E-state index in [0.717, 1.165) is 47.5 Å². The topological polar surface area (TPSA) is 64.9 Å². The van der Waals surface area contributed by atoms with Gasteiger partial charge in [0.1, 0.15) is 17.2 Å². The Morgan fingerprint density at radius 2 is 1.85 bits per heavy atom. The second-order valence-electron chi connectivity index (χ2n) is 11.0. The van der Waals surface area contributed by atoms with Gasteiger partial charge in [0, 0.05) is 17.3 Å². The first kappa shape index (κ1) is 23.1. The molecule has 6 heteroatoms. The van der Waals surface area contributed by atoms with Gasteiger partial charge in [-0.15, -0.1) is 0 Å². The Balaban J connectivity index is 1.76. The standard InChI is InChI=1S/C27H35N3O3/c1-17-12-13-30-22(14-17)28-23(24(30)29-27(5,6)16-26(2,3)4)19-10-11-20(21(15-19)32-7)33-25(31)18-8-9-18/h10-15,18,29H,8-9,16H2,1-7H3. The molecule has 0 radical (unpaired) electrons. The number of nitrogens with one attached hydrogen (secondary N) is 1. The molecule has 1 aliphatic rings. The van der Waals surface area contributed by atoms with Crippen LogP contribution in [0.2, 0.25) is 0 Å². The zero-order valence-electron chi connectivity index (χ0n) is 20.8. The van der Waals surface area contributed by atoms with Gasteiger partial charge in [0.25, 0.3) is 0 Å². The molecule has 0 atom stereocenters. The maximum Gasteiger partial charge on any atom is 0.314 e. The molecule has 2 heterocycles. The van der Waals surface area contributed by atoms with Crippen molar-refractivity contribution in [1.82, 2.24) is 9.38 Å². The van der Waals surface area contributed by atoms with E-state index in [2.05, 4.69) is 69.6 Å². The van der Waals surface area contributed by atoms with Gasteiger partial charge in [0.15, 0.2) is 11.5 Å². The first-order valence-corrected chi connectivity index (χ1v) is 11.6. The lowest BCUT2D eigenvalue weighted by Crippen LogP contribution is -2.36. The number of aromatic nitrogens is 2. The number of anilines is 1. The van der Waals surface area contributed by atoms with E-state index in [1.54, 1.807) is 13.2 Å². The molecule has 1 aromatic carbocycles. The summed E-state index contributed by atoms with van der Waals surface area (Å²) in [6.45, 7) is 13.3. The number of fused-ring (bicyclic) bond motifs is 1. The number of imidazole rings is 1. The fraction of sp³-hybridized carbons (Fsp3) is 0.481.